The summed E-state index contributed by atoms with van der Waals surface area (Å²) in [6.07, 6.45) is 1.22. The van der Waals surface area contributed by atoms with Gasteiger partial charge in [-0.2, -0.15) is 5.26 Å². The van der Waals surface area contributed by atoms with E-state index >= 15 is 0 Å². The van der Waals surface area contributed by atoms with Gasteiger partial charge >= 0.3 is 0 Å². The number of amides is 1. The second kappa shape index (κ2) is 8.32. The highest BCUT2D eigenvalue weighted by Gasteiger charge is 2.29. The summed E-state index contributed by atoms with van der Waals surface area (Å²) in [4.78, 5) is 12.4. The molecule has 8 nitrogen and oxygen atoms in total. The predicted molar refractivity (Wildman–Crippen MR) is 107 cm³/mol. The summed E-state index contributed by atoms with van der Waals surface area (Å²) in [5.74, 6) is 1.06. The van der Waals surface area contributed by atoms with Gasteiger partial charge in [0.15, 0.2) is 15.0 Å². The number of nitrogens with zero attached hydrogens (tertiary/aromatic N) is 4. The third kappa shape index (κ3) is 4.91. The lowest BCUT2D eigenvalue weighted by atomic mass is 10.1. The largest absolute Gasteiger partial charge is 0.325 e. The summed E-state index contributed by atoms with van der Waals surface area (Å²) in [5.41, 5.74) is 1.15. The second-order valence-electron chi connectivity index (χ2n) is 6.87. The zero-order valence-corrected chi connectivity index (χ0v) is 17.3. The molecule has 1 aromatic carbocycles. The summed E-state index contributed by atoms with van der Waals surface area (Å²) in [6, 6.07) is 8.69. The van der Waals surface area contributed by atoms with Gasteiger partial charge in [0.1, 0.15) is 5.82 Å². The van der Waals surface area contributed by atoms with E-state index in [1.165, 1.54) is 11.8 Å². The molecule has 1 aliphatic heterocycles. The summed E-state index contributed by atoms with van der Waals surface area (Å²) in [6.45, 7) is 1.78. The van der Waals surface area contributed by atoms with Crippen LogP contribution in [0.3, 0.4) is 0 Å². The molecule has 28 heavy (non-hydrogen) atoms. The van der Waals surface area contributed by atoms with Crippen molar-refractivity contribution >= 4 is 33.2 Å². The van der Waals surface area contributed by atoms with Crippen molar-refractivity contribution in [3.05, 3.63) is 35.7 Å². The number of sulfone groups is 1. The molecule has 2 heterocycles. The lowest BCUT2D eigenvalue weighted by Crippen LogP contribution is -2.22. The maximum atomic E-state index is 12.4. The molecule has 1 aliphatic rings. The van der Waals surface area contributed by atoms with Crippen molar-refractivity contribution in [3.8, 4) is 6.07 Å². The van der Waals surface area contributed by atoms with Gasteiger partial charge in [0.25, 0.3) is 0 Å². The van der Waals surface area contributed by atoms with Gasteiger partial charge in [0.2, 0.25) is 5.91 Å². The van der Waals surface area contributed by atoms with Crippen LogP contribution < -0.4 is 5.32 Å². The van der Waals surface area contributed by atoms with E-state index in [0.29, 0.717) is 29.2 Å². The van der Waals surface area contributed by atoms with Crippen molar-refractivity contribution < 1.29 is 13.2 Å². The highest BCUT2D eigenvalue weighted by atomic mass is 32.2. The van der Waals surface area contributed by atoms with Gasteiger partial charge in [-0.15, -0.1) is 10.2 Å². The van der Waals surface area contributed by atoms with Gasteiger partial charge in [-0.1, -0.05) is 11.8 Å². The quantitative estimate of drug-likeness (QED) is 0.709. The first-order chi connectivity index (χ1) is 13.3. The minimum Gasteiger partial charge on any atom is -0.325 e. The second-order valence-corrected chi connectivity index (χ2v) is 10.4. The molecule has 3 rings (SSSR count). The number of thioether (sulfide) groups is 1. The summed E-state index contributed by atoms with van der Waals surface area (Å²) >= 11 is 1.29. The van der Waals surface area contributed by atoms with Crippen LogP contribution in [0.5, 0.6) is 0 Å². The van der Waals surface area contributed by atoms with Crippen LogP contribution in [0.4, 0.5) is 5.69 Å². The molecule has 1 saturated heterocycles. The van der Waals surface area contributed by atoms with E-state index in [0.717, 1.165) is 5.82 Å². The van der Waals surface area contributed by atoms with Crippen LogP contribution in [0.2, 0.25) is 0 Å². The lowest BCUT2D eigenvalue weighted by Gasteiger charge is -2.12. The normalized spacial score (nSPS) is 19.1. The van der Waals surface area contributed by atoms with Crippen LogP contribution in [0.25, 0.3) is 0 Å². The van der Waals surface area contributed by atoms with Crippen LogP contribution in [-0.2, 0) is 28.1 Å². The Morgan fingerprint density at radius 3 is 2.71 bits per heavy atom. The van der Waals surface area contributed by atoms with Crippen molar-refractivity contribution in [1.82, 2.24) is 14.8 Å². The Labute approximate surface area is 168 Å². The summed E-state index contributed by atoms with van der Waals surface area (Å²) < 4.78 is 25.1. The summed E-state index contributed by atoms with van der Waals surface area (Å²) in [5, 5.41) is 20.2. The van der Waals surface area contributed by atoms with Crippen LogP contribution in [0.1, 0.15) is 24.7 Å². The topological polar surface area (TPSA) is 118 Å². The van der Waals surface area contributed by atoms with E-state index < -0.39 is 15.1 Å². The smallest absolute Gasteiger partial charge is 0.237 e. The molecule has 1 aromatic heterocycles. The van der Waals surface area contributed by atoms with Gasteiger partial charge in [-0.3, -0.25) is 4.79 Å². The maximum Gasteiger partial charge on any atom is 0.237 e. The Kier molecular flexibility index (Phi) is 6.05. The molecule has 1 fully saturated rings. The Morgan fingerprint density at radius 1 is 1.39 bits per heavy atom. The number of anilines is 1. The standard InChI is InChI=1S/C18H21N5O3S2/c1-12(17(24)20-15-5-3-13(10-19)4-6-15)27-18-22-21-16(23(18)2)9-14-7-8-28(25,26)11-14/h3-6,12,14H,7-9,11H2,1-2H3,(H,20,24)/t12-,14+/m0/s1. The zero-order valence-electron chi connectivity index (χ0n) is 15.6. The summed E-state index contributed by atoms with van der Waals surface area (Å²) in [7, 11) is -1.09. The Hall–Kier alpha value is -2.38. The van der Waals surface area contributed by atoms with Gasteiger partial charge in [0.05, 0.1) is 28.4 Å². The number of carbonyl (C=O) groups is 1. The number of nitriles is 1. The highest BCUT2D eigenvalue weighted by molar-refractivity contribution is 8.00. The monoisotopic (exact) mass is 419 g/mol. The van der Waals surface area contributed by atoms with Gasteiger partial charge in [-0.05, 0) is 43.5 Å². The van der Waals surface area contributed by atoms with E-state index in [4.69, 9.17) is 5.26 Å². The first-order valence-electron chi connectivity index (χ1n) is 8.84. The first-order valence-corrected chi connectivity index (χ1v) is 11.5. The minimum atomic E-state index is -2.92. The number of benzene rings is 1. The molecule has 0 unspecified atom stereocenters. The van der Waals surface area contributed by atoms with Crippen LogP contribution in [0.15, 0.2) is 29.4 Å². The highest BCUT2D eigenvalue weighted by Crippen LogP contribution is 2.26. The number of hydrogen-bond acceptors (Lipinski definition) is 7. The Morgan fingerprint density at radius 2 is 2.11 bits per heavy atom. The maximum absolute atomic E-state index is 12.4. The zero-order chi connectivity index (χ0) is 20.3. The first kappa shape index (κ1) is 20.4. The average molecular weight is 420 g/mol. The number of rotatable bonds is 6. The van der Waals surface area contributed by atoms with Crippen molar-refractivity contribution in [1.29, 1.82) is 5.26 Å². The third-order valence-electron chi connectivity index (χ3n) is 4.66. The number of nitrogens with one attached hydrogen (secondary N) is 1. The van der Waals surface area contributed by atoms with Gasteiger partial charge in [0, 0.05) is 19.2 Å². The molecule has 2 aromatic rings. The van der Waals surface area contributed by atoms with Crippen molar-refractivity contribution in [2.24, 2.45) is 13.0 Å². The van der Waals surface area contributed by atoms with Gasteiger partial charge < -0.3 is 9.88 Å². The molecule has 148 valence electrons. The fourth-order valence-electron chi connectivity index (χ4n) is 3.00. The number of hydrogen-bond donors (Lipinski definition) is 1. The molecule has 0 bridgehead atoms. The molecular weight excluding hydrogens is 398 g/mol. The molecule has 2 atom stereocenters. The van der Waals surface area contributed by atoms with E-state index in [1.807, 2.05) is 17.7 Å². The Bertz CT molecular complexity index is 1010. The molecule has 1 amide bonds. The molecule has 1 N–H and O–H groups in total. The van der Waals surface area contributed by atoms with Crippen molar-refractivity contribution in [2.75, 3.05) is 16.8 Å². The molecule has 0 radical (unpaired) electrons. The van der Waals surface area contributed by atoms with Gasteiger partial charge in [-0.25, -0.2) is 8.42 Å². The molecule has 0 aliphatic carbocycles. The van der Waals surface area contributed by atoms with E-state index in [1.54, 1.807) is 31.2 Å². The van der Waals surface area contributed by atoms with Crippen molar-refractivity contribution in [2.45, 2.75) is 30.2 Å². The van der Waals surface area contributed by atoms with Crippen LogP contribution in [-0.4, -0.2) is 45.8 Å². The van der Waals surface area contributed by atoms with Crippen LogP contribution >= 0.6 is 11.8 Å². The average Bonchev–Trinajstić information content (AvgIpc) is 3.18. The fraction of sp³-hybridized carbons (Fsp3) is 0.444. The van der Waals surface area contributed by atoms with E-state index in [-0.39, 0.29) is 23.3 Å². The molecular formula is C18H21N5O3S2. The molecule has 10 heteroatoms. The Balaban J connectivity index is 1.59. The fourth-order valence-corrected chi connectivity index (χ4v) is 5.70. The minimum absolute atomic E-state index is 0.0721. The van der Waals surface area contributed by atoms with Crippen LogP contribution in [0, 0.1) is 17.2 Å². The molecule has 0 saturated carbocycles. The third-order valence-corrected chi connectivity index (χ3v) is 7.63. The SMILES string of the molecule is C[C@H](Sc1nnc(C[C@H]2CCS(=O)(=O)C2)n1C)C(=O)Nc1ccc(C#N)cc1. The predicted octanol–water partition coefficient (Wildman–Crippen LogP) is 1.78. The lowest BCUT2D eigenvalue weighted by molar-refractivity contribution is -0.115. The van der Waals surface area contributed by atoms with E-state index in [2.05, 4.69) is 15.5 Å². The molecule has 0 spiro atoms. The number of carbonyl (C=O) groups excluding carboxylic acids is 1. The van der Waals surface area contributed by atoms with E-state index in [9.17, 15) is 13.2 Å². The number of aromatic nitrogens is 3. The van der Waals surface area contributed by atoms with Crippen molar-refractivity contribution in [3.63, 3.8) is 0 Å².